The first kappa shape index (κ1) is 19.1. The summed E-state index contributed by atoms with van der Waals surface area (Å²) >= 11 is 0. The van der Waals surface area contributed by atoms with Crippen molar-refractivity contribution in [2.75, 3.05) is 14.2 Å². The predicted molar refractivity (Wildman–Crippen MR) is 110 cm³/mol. The maximum Gasteiger partial charge on any atom is 0.323 e. The van der Waals surface area contributed by atoms with Gasteiger partial charge in [-0.15, -0.1) is 6.58 Å². The number of methoxy groups -OCH3 is 2. The van der Waals surface area contributed by atoms with E-state index in [-0.39, 0.29) is 12.3 Å². The summed E-state index contributed by atoms with van der Waals surface area (Å²) < 4.78 is 10.4. The summed E-state index contributed by atoms with van der Waals surface area (Å²) in [6, 6.07) is 17.4. The van der Waals surface area contributed by atoms with Gasteiger partial charge in [0.1, 0.15) is 0 Å². The molecule has 1 saturated carbocycles. The minimum atomic E-state index is -1.51. The Kier molecular flexibility index (Phi) is 4.61. The van der Waals surface area contributed by atoms with Crippen LogP contribution in [0.1, 0.15) is 23.5 Å². The van der Waals surface area contributed by atoms with E-state index < -0.39 is 28.7 Å². The van der Waals surface area contributed by atoms with E-state index in [0.717, 1.165) is 16.8 Å². The second-order valence-corrected chi connectivity index (χ2v) is 7.55. The average molecular weight is 389 g/mol. The van der Waals surface area contributed by atoms with E-state index in [0.29, 0.717) is 0 Å². The fraction of sp³-hybridized carbons (Fsp3) is 0.292. The lowest BCUT2D eigenvalue weighted by atomic mass is 9.62. The molecular formula is C24H23NO4. The molecule has 4 rings (SSSR count). The van der Waals surface area contributed by atoms with Gasteiger partial charge in [0.05, 0.1) is 19.9 Å². The molecule has 1 aliphatic carbocycles. The number of carbonyl (C=O) groups excluding carboxylic acids is 2. The van der Waals surface area contributed by atoms with Crippen molar-refractivity contribution in [2.45, 2.75) is 17.8 Å². The number of rotatable bonds is 4. The molecule has 2 aromatic carbocycles. The number of hydrogen-bond donors (Lipinski definition) is 0. The number of carbonyl (C=O) groups is 2. The first-order valence-electron chi connectivity index (χ1n) is 9.55. The van der Waals surface area contributed by atoms with Gasteiger partial charge < -0.3 is 9.47 Å². The zero-order valence-corrected chi connectivity index (χ0v) is 16.5. The van der Waals surface area contributed by atoms with Gasteiger partial charge in [-0.3, -0.25) is 14.6 Å². The molecule has 2 aliphatic rings. The molecule has 0 N–H and O–H groups in total. The van der Waals surface area contributed by atoms with Gasteiger partial charge in [-0.1, -0.05) is 54.6 Å². The molecule has 0 saturated heterocycles. The van der Waals surface area contributed by atoms with Gasteiger partial charge in [0, 0.05) is 17.5 Å². The van der Waals surface area contributed by atoms with Crippen molar-refractivity contribution in [2.24, 2.45) is 16.3 Å². The normalized spacial score (nSPS) is 26.1. The first-order chi connectivity index (χ1) is 14.1. The van der Waals surface area contributed by atoms with E-state index in [9.17, 15) is 9.59 Å². The molecule has 0 bridgehead atoms. The Balaban J connectivity index is 2.08. The largest absolute Gasteiger partial charge is 0.468 e. The van der Waals surface area contributed by atoms with Crippen LogP contribution in [0.15, 0.2) is 72.2 Å². The van der Waals surface area contributed by atoms with Crippen LogP contribution in [0, 0.1) is 11.3 Å². The van der Waals surface area contributed by atoms with Crippen molar-refractivity contribution in [3.8, 4) is 0 Å². The molecule has 0 unspecified atom stereocenters. The lowest BCUT2D eigenvalue weighted by molar-refractivity contribution is -0.170. The van der Waals surface area contributed by atoms with Crippen molar-refractivity contribution >= 4 is 23.8 Å². The van der Waals surface area contributed by atoms with Gasteiger partial charge in [-0.25, -0.2) is 0 Å². The number of hydrogen-bond acceptors (Lipinski definition) is 5. The van der Waals surface area contributed by atoms with Crippen molar-refractivity contribution in [3.05, 3.63) is 78.4 Å². The smallest absolute Gasteiger partial charge is 0.323 e. The molecule has 29 heavy (non-hydrogen) atoms. The molecule has 5 heteroatoms. The lowest BCUT2D eigenvalue weighted by Crippen LogP contribution is -2.47. The Morgan fingerprint density at radius 2 is 1.66 bits per heavy atom. The zero-order valence-electron chi connectivity index (χ0n) is 16.5. The van der Waals surface area contributed by atoms with Crippen LogP contribution in [0.2, 0.25) is 0 Å². The zero-order chi connectivity index (χ0) is 20.6. The Morgan fingerprint density at radius 3 is 2.28 bits per heavy atom. The number of para-hydroxylation sites is 1. The van der Waals surface area contributed by atoms with Gasteiger partial charge in [-0.2, -0.15) is 0 Å². The van der Waals surface area contributed by atoms with Crippen LogP contribution in [0.5, 0.6) is 0 Å². The van der Waals surface area contributed by atoms with Gasteiger partial charge in [0.2, 0.25) is 0 Å². The maximum absolute atomic E-state index is 13.2. The number of fused-ring (bicyclic) bond motifs is 2. The van der Waals surface area contributed by atoms with Crippen LogP contribution in [0.3, 0.4) is 0 Å². The van der Waals surface area contributed by atoms with E-state index >= 15 is 0 Å². The summed E-state index contributed by atoms with van der Waals surface area (Å²) in [6.07, 6.45) is 3.93. The van der Waals surface area contributed by atoms with Crippen molar-refractivity contribution in [1.82, 2.24) is 0 Å². The van der Waals surface area contributed by atoms with Gasteiger partial charge >= 0.3 is 11.9 Å². The summed E-state index contributed by atoms with van der Waals surface area (Å²) in [5.74, 6) is -1.95. The number of allylic oxidation sites excluding steroid dienone is 1. The molecule has 1 spiro atoms. The molecule has 0 amide bonds. The third-order valence-corrected chi connectivity index (χ3v) is 6.43. The predicted octanol–water partition coefficient (Wildman–Crippen LogP) is 3.96. The summed E-state index contributed by atoms with van der Waals surface area (Å²) in [5, 5.41) is 0. The number of benzene rings is 2. The van der Waals surface area contributed by atoms with E-state index in [2.05, 4.69) is 11.6 Å². The number of aliphatic imine (C=N–C) groups is 1. The van der Waals surface area contributed by atoms with Crippen LogP contribution >= 0.6 is 0 Å². The fourth-order valence-corrected chi connectivity index (χ4v) is 5.31. The van der Waals surface area contributed by atoms with E-state index in [4.69, 9.17) is 9.47 Å². The second-order valence-electron chi connectivity index (χ2n) is 7.55. The van der Waals surface area contributed by atoms with Crippen molar-refractivity contribution in [3.63, 3.8) is 0 Å². The SMILES string of the molecule is C=C[C@@H]1CC(C(=O)OC)(C(=O)OC)[C@H](c2ccccc2)[C@]12C=Nc1ccccc12. The third kappa shape index (κ3) is 2.43. The van der Waals surface area contributed by atoms with Crippen LogP contribution in [-0.2, 0) is 24.5 Å². The molecule has 3 atom stereocenters. The highest BCUT2D eigenvalue weighted by Crippen LogP contribution is 2.66. The van der Waals surface area contributed by atoms with Crippen molar-refractivity contribution < 1.29 is 19.1 Å². The third-order valence-electron chi connectivity index (χ3n) is 6.43. The van der Waals surface area contributed by atoms with Gasteiger partial charge in [0.15, 0.2) is 5.41 Å². The molecule has 1 fully saturated rings. The molecule has 1 aliphatic heterocycles. The fourth-order valence-electron chi connectivity index (χ4n) is 5.31. The molecule has 2 aromatic rings. The van der Waals surface area contributed by atoms with Crippen molar-refractivity contribution in [1.29, 1.82) is 0 Å². The van der Waals surface area contributed by atoms with Gasteiger partial charge in [0.25, 0.3) is 0 Å². The number of nitrogens with zero attached hydrogens (tertiary/aromatic N) is 1. The first-order valence-corrected chi connectivity index (χ1v) is 9.55. The molecule has 0 radical (unpaired) electrons. The Morgan fingerprint density at radius 1 is 1.03 bits per heavy atom. The molecule has 5 nitrogen and oxygen atoms in total. The molecule has 1 heterocycles. The lowest BCUT2D eigenvalue weighted by Gasteiger charge is -2.38. The monoisotopic (exact) mass is 389 g/mol. The highest BCUT2D eigenvalue weighted by molar-refractivity contribution is 6.05. The minimum absolute atomic E-state index is 0.210. The van der Waals surface area contributed by atoms with Gasteiger partial charge in [-0.05, 0) is 29.5 Å². The Bertz CT molecular complexity index is 981. The van der Waals surface area contributed by atoms with E-state index in [1.807, 2.05) is 66.9 Å². The quantitative estimate of drug-likeness (QED) is 0.451. The van der Waals surface area contributed by atoms with Crippen LogP contribution < -0.4 is 0 Å². The van der Waals surface area contributed by atoms with E-state index in [1.54, 1.807) is 0 Å². The minimum Gasteiger partial charge on any atom is -0.468 e. The van der Waals surface area contributed by atoms with E-state index in [1.165, 1.54) is 14.2 Å². The molecular weight excluding hydrogens is 366 g/mol. The molecule has 0 aromatic heterocycles. The highest BCUT2D eigenvalue weighted by Gasteiger charge is 2.70. The maximum atomic E-state index is 13.2. The standard InChI is InChI=1S/C24H23NO4/c1-4-17-14-23(21(26)28-2,22(27)29-3)20(16-10-6-5-7-11-16)24(17)15-25-19-13-9-8-12-18(19)24/h4-13,15,17,20H,1,14H2,2-3H3/t17-,20+,24-/m1/s1. The summed E-state index contributed by atoms with van der Waals surface area (Å²) in [5.41, 5.74) is 0.463. The Hall–Kier alpha value is -3.21. The van der Waals surface area contributed by atoms with Crippen LogP contribution in [0.4, 0.5) is 5.69 Å². The summed E-state index contributed by atoms with van der Waals surface area (Å²) in [6.45, 7) is 4.03. The topological polar surface area (TPSA) is 65.0 Å². The number of esters is 2. The summed E-state index contributed by atoms with van der Waals surface area (Å²) in [7, 11) is 2.61. The average Bonchev–Trinajstić information content (AvgIpc) is 3.30. The van der Waals surface area contributed by atoms with Crippen LogP contribution in [0.25, 0.3) is 0 Å². The highest BCUT2D eigenvalue weighted by atomic mass is 16.5. The summed E-state index contributed by atoms with van der Waals surface area (Å²) in [4.78, 5) is 31.1. The second kappa shape index (κ2) is 6.99. The number of ether oxygens (including phenoxy) is 2. The van der Waals surface area contributed by atoms with Crippen LogP contribution in [-0.4, -0.2) is 32.4 Å². The Labute approximate surface area is 170 Å². The molecule has 148 valence electrons.